The van der Waals surface area contributed by atoms with E-state index in [1.54, 1.807) is 6.08 Å². The molecule has 2 nitrogen and oxygen atoms in total. The molecule has 0 N–H and O–H groups in total. The van der Waals surface area contributed by atoms with E-state index in [1.165, 1.54) is 19.3 Å². The lowest BCUT2D eigenvalue weighted by Crippen LogP contribution is -2.39. The molecule has 3 heteroatoms. The molecule has 0 bridgehead atoms. The van der Waals surface area contributed by atoms with Gasteiger partial charge in [-0.1, -0.05) is 46.6 Å². The fourth-order valence-corrected chi connectivity index (χ4v) is 5.17. The molecular formula is C18H32O2Si. The Morgan fingerprint density at radius 2 is 1.71 bits per heavy atom. The number of unbranched alkanes of at least 4 members (excludes halogenated alkanes) is 3. The average Bonchev–Trinajstić information content (AvgIpc) is 2.53. The minimum Gasteiger partial charge on any atom is -0.410 e. The van der Waals surface area contributed by atoms with E-state index < -0.39 is 8.32 Å². The molecule has 0 radical (unpaired) electrons. The van der Waals surface area contributed by atoms with Crippen molar-refractivity contribution in [2.45, 2.75) is 84.0 Å². The van der Waals surface area contributed by atoms with Crippen LogP contribution in [-0.2, 0) is 9.22 Å². The Morgan fingerprint density at radius 3 is 2.24 bits per heavy atom. The number of allylic oxidation sites excluding steroid dienone is 1. The molecule has 0 unspecified atom stereocenters. The molecule has 0 aliphatic heterocycles. The fraction of sp³-hybridized carbons (Fsp3) is 0.722. The minimum atomic E-state index is -1.65. The summed E-state index contributed by atoms with van der Waals surface area (Å²) >= 11 is 0. The van der Waals surface area contributed by atoms with E-state index in [4.69, 9.17) is 4.43 Å². The molecule has 0 aliphatic carbocycles. The van der Waals surface area contributed by atoms with Crippen molar-refractivity contribution in [1.82, 2.24) is 0 Å². The van der Waals surface area contributed by atoms with Gasteiger partial charge in [-0.3, -0.25) is 4.79 Å². The molecule has 120 valence electrons. The Labute approximate surface area is 132 Å². The van der Waals surface area contributed by atoms with E-state index in [0.29, 0.717) is 6.42 Å². The topological polar surface area (TPSA) is 26.3 Å². The third-order valence-corrected chi connectivity index (χ3v) is 8.74. The quantitative estimate of drug-likeness (QED) is 0.174. The van der Waals surface area contributed by atoms with Gasteiger partial charge in [0.2, 0.25) is 0 Å². The Kier molecular flexibility index (Phi) is 12.3. The minimum absolute atomic E-state index is 0.0274. The van der Waals surface area contributed by atoms with Crippen LogP contribution < -0.4 is 0 Å². The van der Waals surface area contributed by atoms with Gasteiger partial charge in [-0.05, 0) is 30.6 Å². The smallest absolute Gasteiger partial charge is 0.192 e. The van der Waals surface area contributed by atoms with Crippen LogP contribution >= 0.6 is 0 Å². The summed E-state index contributed by atoms with van der Waals surface area (Å²) < 4.78 is 6.41. The molecule has 0 saturated heterocycles. The van der Waals surface area contributed by atoms with Crippen LogP contribution in [0.25, 0.3) is 0 Å². The van der Waals surface area contributed by atoms with Crippen molar-refractivity contribution in [2.24, 2.45) is 0 Å². The van der Waals surface area contributed by atoms with Crippen LogP contribution in [0, 0.1) is 11.8 Å². The van der Waals surface area contributed by atoms with Gasteiger partial charge in [-0.25, -0.2) is 0 Å². The number of carbonyl (C=O) groups excluding carboxylic acids is 1. The molecule has 0 aromatic heterocycles. The van der Waals surface area contributed by atoms with Crippen molar-refractivity contribution < 1.29 is 9.22 Å². The van der Waals surface area contributed by atoms with E-state index in [-0.39, 0.29) is 6.10 Å². The lowest BCUT2D eigenvalue weighted by molar-refractivity contribution is -0.104. The van der Waals surface area contributed by atoms with Crippen LogP contribution in [0.1, 0.15) is 59.8 Å². The van der Waals surface area contributed by atoms with E-state index in [0.717, 1.165) is 30.8 Å². The van der Waals surface area contributed by atoms with Crippen molar-refractivity contribution in [3.8, 4) is 11.8 Å². The first kappa shape index (κ1) is 20.1. The van der Waals surface area contributed by atoms with Gasteiger partial charge in [0.05, 0.1) is 6.10 Å². The molecule has 0 aromatic rings. The molecule has 0 heterocycles. The zero-order valence-electron chi connectivity index (χ0n) is 14.3. The van der Waals surface area contributed by atoms with E-state index in [1.807, 2.05) is 6.08 Å². The average molecular weight is 309 g/mol. The van der Waals surface area contributed by atoms with Gasteiger partial charge in [0, 0.05) is 12.8 Å². The molecule has 0 fully saturated rings. The number of rotatable bonds is 11. The van der Waals surface area contributed by atoms with Gasteiger partial charge in [0.25, 0.3) is 0 Å². The third-order valence-electron chi connectivity index (χ3n) is 4.07. The molecule has 1 atom stereocenters. The Balaban J connectivity index is 4.57. The SMILES string of the molecule is CCCCCC#CC[C@H](/C=C/C=O)O[Si](CC)(CC)CC. The molecule has 21 heavy (non-hydrogen) atoms. The second-order valence-corrected chi connectivity index (χ2v) is 10.2. The maximum Gasteiger partial charge on any atom is 0.192 e. The number of hydrogen-bond donors (Lipinski definition) is 0. The van der Waals surface area contributed by atoms with Gasteiger partial charge >= 0.3 is 0 Å². The summed E-state index contributed by atoms with van der Waals surface area (Å²) in [7, 11) is -1.65. The molecular weight excluding hydrogens is 276 g/mol. The third kappa shape index (κ3) is 8.90. The molecule has 0 aliphatic rings. The van der Waals surface area contributed by atoms with E-state index >= 15 is 0 Å². The highest BCUT2D eigenvalue weighted by atomic mass is 28.4. The van der Waals surface area contributed by atoms with Gasteiger partial charge in [-0.15, -0.1) is 11.8 Å². The van der Waals surface area contributed by atoms with Gasteiger partial charge in [0.15, 0.2) is 8.32 Å². The maximum atomic E-state index is 10.6. The predicted octanol–water partition coefficient (Wildman–Crippen LogP) is 5.11. The van der Waals surface area contributed by atoms with Crippen LogP contribution in [0.15, 0.2) is 12.2 Å². The summed E-state index contributed by atoms with van der Waals surface area (Å²) in [6.07, 6.45) is 9.53. The lowest BCUT2D eigenvalue weighted by atomic mass is 10.2. The Bertz CT molecular complexity index is 340. The zero-order chi connectivity index (χ0) is 16.0. The van der Waals surface area contributed by atoms with Crippen LogP contribution in [-0.4, -0.2) is 20.7 Å². The Hall–Kier alpha value is -0.853. The highest BCUT2D eigenvalue weighted by Crippen LogP contribution is 2.24. The fourth-order valence-electron chi connectivity index (χ4n) is 2.36. The summed E-state index contributed by atoms with van der Waals surface area (Å²) in [5.74, 6) is 6.46. The lowest BCUT2D eigenvalue weighted by Gasteiger charge is -2.31. The highest BCUT2D eigenvalue weighted by Gasteiger charge is 2.30. The second kappa shape index (κ2) is 12.9. The first-order valence-electron chi connectivity index (χ1n) is 8.43. The largest absolute Gasteiger partial charge is 0.410 e. The van der Waals surface area contributed by atoms with Crippen LogP contribution in [0.5, 0.6) is 0 Å². The monoisotopic (exact) mass is 308 g/mol. The first-order chi connectivity index (χ1) is 10.2. The predicted molar refractivity (Wildman–Crippen MR) is 93.8 cm³/mol. The number of carbonyl (C=O) groups is 1. The van der Waals surface area contributed by atoms with Crippen molar-refractivity contribution in [3.63, 3.8) is 0 Å². The standard InChI is InChI=1S/C18H32O2Si/c1-5-9-10-11-12-13-15-18(16-14-17-19)20-21(6-2,7-3)8-4/h14,16-18H,5-11,15H2,1-4H3/b16-14+/t18-/m1/s1. The highest BCUT2D eigenvalue weighted by molar-refractivity contribution is 6.73. The summed E-state index contributed by atoms with van der Waals surface area (Å²) in [4.78, 5) is 10.6. The normalized spacial score (nSPS) is 13.0. The van der Waals surface area contributed by atoms with Crippen LogP contribution in [0.4, 0.5) is 0 Å². The number of hydrogen-bond acceptors (Lipinski definition) is 2. The molecule has 0 amide bonds. The summed E-state index contributed by atoms with van der Waals surface area (Å²) in [5.41, 5.74) is 0. The molecule has 0 saturated carbocycles. The van der Waals surface area contributed by atoms with Crippen LogP contribution in [0.3, 0.4) is 0 Å². The zero-order valence-corrected chi connectivity index (χ0v) is 15.3. The van der Waals surface area contributed by atoms with E-state index in [9.17, 15) is 4.79 Å². The Morgan fingerprint density at radius 1 is 1.05 bits per heavy atom. The van der Waals surface area contributed by atoms with Crippen LogP contribution in [0.2, 0.25) is 18.1 Å². The molecule has 0 spiro atoms. The summed E-state index contributed by atoms with van der Waals surface area (Å²) in [6, 6.07) is 3.36. The summed E-state index contributed by atoms with van der Waals surface area (Å²) in [5, 5.41) is 0. The first-order valence-corrected chi connectivity index (χ1v) is 11.0. The van der Waals surface area contributed by atoms with Gasteiger partial charge in [-0.2, -0.15) is 0 Å². The number of aldehydes is 1. The van der Waals surface area contributed by atoms with Crippen molar-refractivity contribution in [2.75, 3.05) is 0 Å². The summed E-state index contributed by atoms with van der Waals surface area (Å²) in [6.45, 7) is 8.86. The maximum absolute atomic E-state index is 10.6. The van der Waals surface area contributed by atoms with Gasteiger partial charge in [0.1, 0.15) is 6.29 Å². The van der Waals surface area contributed by atoms with Crippen molar-refractivity contribution >= 4 is 14.6 Å². The second-order valence-electron chi connectivity index (χ2n) is 5.44. The van der Waals surface area contributed by atoms with Crippen molar-refractivity contribution in [1.29, 1.82) is 0 Å². The molecule has 0 aromatic carbocycles. The van der Waals surface area contributed by atoms with E-state index in [2.05, 4.69) is 39.5 Å². The van der Waals surface area contributed by atoms with Crippen molar-refractivity contribution in [3.05, 3.63) is 12.2 Å². The molecule has 0 rings (SSSR count). The van der Waals surface area contributed by atoms with Gasteiger partial charge < -0.3 is 4.43 Å².